The first-order valence-corrected chi connectivity index (χ1v) is 8.30. The van der Waals surface area contributed by atoms with Crippen LogP contribution < -0.4 is 10.6 Å². The Morgan fingerprint density at radius 1 is 1.43 bits per heavy atom. The first kappa shape index (κ1) is 16.3. The maximum atomic E-state index is 9.96. The molecule has 0 aromatic carbocycles. The zero-order chi connectivity index (χ0) is 15.4. The van der Waals surface area contributed by atoms with Gasteiger partial charge in [0.15, 0.2) is 0 Å². The van der Waals surface area contributed by atoms with Crippen molar-refractivity contribution < 1.29 is 10.2 Å². The lowest BCUT2D eigenvalue weighted by Crippen LogP contribution is -2.43. The molecule has 0 spiro atoms. The van der Waals surface area contributed by atoms with E-state index in [1.54, 1.807) is 0 Å². The van der Waals surface area contributed by atoms with Crippen molar-refractivity contribution in [3.8, 4) is 0 Å². The minimum absolute atomic E-state index is 0.411. The second-order valence-corrected chi connectivity index (χ2v) is 6.26. The number of nitrogens with zero attached hydrogens (tertiary/aromatic N) is 4. The van der Waals surface area contributed by atoms with Crippen molar-refractivity contribution in [2.45, 2.75) is 18.6 Å². The quantitative estimate of drug-likeness (QED) is 0.613. The average Bonchev–Trinajstić information content (AvgIpc) is 2.83. The summed E-state index contributed by atoms with van der Waals surface area (Å²) >= 11 is 1.52. The smallest absolute Gasteiger partial charge is 0.138 e. The van der Waals surface area contributed by atoms with Crippen LogP contribution in [-0.2, 0) is 6.42 Å². The highest BCUT2D eigenvalue weighted by Crippen LogP contribution is 2.28. The van der Waals surface area contributed by atoms with Gasteiger partial charge in [-0.1, -0.05) is 0 Å². The van der Waals surface area contributed by atoms with Crippen molar-refractivity contribution in [1.82, 2.24) is 14.9 Å². The number of rotatable bonds is 7. The Balaban J connectivity index is 1.90. The molecule has 0 radical (unpaired) electrons. The largest absolute Gasteiger partial charge is 0.390 e. The Hall–Kier alpha value is -1.09. The zero-order valence-electron chi connectivity index (χ0n) is 12.4. The molecule has 2 heterocycles. The van der Waals surface area contributed by atoms with E-state index >= 15 is 0 Å². The Morgan fingerprint density at radius 2 is 2.19 bits per heavy atom. The second-order valence-electron chi connectivity index (χ2n) is 5.34. The molecule has 1 aromatic heterocycles. The third-order valence-electron chi connectivity index (χ3n) is 3.58. The number of hydrogen-bond donors (Lipinski definition) is 3. The third-order valence-corrected chi connectivity index (χ3v) is 4.25. The van der Waals surface area contributed by atoms with Gasteiger partial charge in [-0.3, -0.25) is 4.90 Å². The molecule has 0 bridgehead atoms. The Morgan fingerprint density at radius 3 is 2.90 bits per heavy atom. The number of nitrogen functional groups attached to an aromatic ring is 1. The first-order chi connectivity index (χ1) is 10.0. The van der Waals surface area contributed by atoms with Gasteiger partial charge in [0.1, 0.15) is 18.0 Å². The standard InChI is InChI=1S/C13H23N5O2S/c1-17(5-10(19)11(20)6-21-2)8-18-4-3-9-12(14)15-7-16-13(9)18/h7,10-11,19-20H,3-6,8H2,1-2H3,(H2,14,15,16)/t10-,11-/m0/s1. The highest BCUT2D eigenvalue weighted by Gasteiger charge is 2.25. The van der Waals surface area contributed by atoms with Crippen molar-refractivity contribution >= 4 is 23.4 Å². The van der Waals surface area contributed by atoms with Gasteiger partial charge >= 0.3 is 0 Å². The molecule has 118 valence electrons. The molecule has 0 aliphatic carbocycles. The molecule has 2 rings (SSSR count). The fourth-order valence-corrected chi connectivity index (χ4v) is 3.05. The van der Waals surface area contributed by atoms with Crippen molar-refractivity contribution in [3.63, 3.8) is 0 Å². The monoisotopic (exact) mass is 313 g/mol. The molecule has 0 saturated heterocycles. The second kappa shape index (κ2) is 7.26. The van der Waals surface area contributed by atoms with E-state index in [4.69, 9.17) is 5.73 Å². The van der Waals surface area contributed by atoms with Crippen LogP contribution in [-0.4, -0.2) is 76.1 Å². The Labute approximate surface area is 129 Å². The van der Waals surface area contributed by atoms with Crippen molar-refractivity contribution in [2.24, 2.45) is 0 Å². The summed E-state index contributed by atoms with van der Waals surface area (Å²) in [4.78, 5) is 12.4. The van der Waals surface area contributed by atoms with Crippen LogP contribution >= 0.6 is 11.8 Å². The maximum absolute atomic E-state index is 9.96. The van der Waals surface area contributed by atoms with Crippen LogP contribution in [0.5, 0.6) is 0 Å². The normalized spacial score (nSPS) is 17.1. The van der Waals surface area contributed by atoms with E-state index in [-0.39, 0.29) is 0 Å². The highest BCUT2D eigenvalue weighted by atomic mass is 32.2. The van der Waals surface area contributed by atoms with E-state index in [9.17, 15) is 10.2 Å². The fraction of sp³-hybridized carbons (Fsp3) is 0.692. The van der Waals surface area contributed by atoms with Crippen LogP contribution in [0.3, 0.4) is 0 Å². The van der Waals surface area contributed by atoms with Gasteiger partial charge in [-0.05, 0) is 19.7 Å². The number of aliphatic hydroxyl groups is 2. The summed E-state index contributed by atoms with van der Waals surface area (Å²) in [6.07, 6.45) is 2.77. The molecule has 1 aliphatic heterocycles. The maximum Gasteiger partial charge on any atom is 0.138 e. The number of thioether (sulfide) groups is 1. The van der Waals surface area contributed by atoms with E-state index in [2.05, 4.69) is 14.9 Å². The van der Waals surface area contributed by atoms with Gasteiger partial charge in [-0.2, -0.15) is 11.8 Å². The third kappa shape index (κ3) is 3.97. The minimum atomic E-state index is -0.750. The molecule has 1 aliphatic rings. The summed E-state index contributed by atoms with van der Waals surface area (Å²) in [6.45, 7) is 1.88. The number of likely N-dealkylation sites (N-methyl/N-ethyl adjacent to an activating group) is 1. The summed E-state index contributed by atoms with van der Waals surface area (Å²) in [7, 11) is 1.91. The molecule has 21 heavy (non-hydrogen) atoms. The van der Waals surface area contributed by atoms with Gasteiger partial charge in [0.25, 0.3) is 0 Å². The lowest BCUT2D eigenvalue weighted by atomic mass is 10.2. The predicted molar refractivity (Wildman–Crippen MR) is 85.4 cm³/mol. The molecule has 8 heteroatoms. The summed E-state index contributed by atoms with van der Waals surface area (Å²) < 4.78 is 0. The topological polar surface area (TPSA) is 98.7 Å². The lowest BCUT2D eigenvalue weighted by Gasteiger charge is -2.28. The van der Waals surface area contributed by atoms with Crippen LogP contribution in [0.1, 0.15) is 5.56 Å². The number of hydrogen-bond acceptors (Lipinski definition) is 8. The number of nitrogens with two attached hydrogens (primary N) is 1. The molecule has 1 aromatic rings. The van der Waals surface area contributed by atoms with Gasteiger partial charge in [0.2, 0.25) is 0 Å². The number of fused-ring (bicyclic) bond motifs is 1. The van der Waals surface area contributed by atoms with Gasteiger partial charge < -0.3 is 20.8 Å². The number of aliphatic hydroxyl groups excluding tert-OH is 2. The molecule has 0 unspecified atom stereocenters. The van der Waals surface area contributed by atoms with Crippen LogP contribution in [0.25, 0.3) is 0 Å². The van der Waals surface area contributed by atoms with E-state index in [1.165, 1.54) is 18.1 Å². The van der Waals surface area contributed by atoms with E-state index in [1.807, 2.05) is 18.2 Å². The minimum Gasteiger partial charge on any atom is -0.390 e. The van der Waals surface area contributed by atoms with Crippen LogP contribution in [0.2, 0.25) is 0 Å². The number of anilines is 2. The predicted octanol–water partition coefficient (Wildman–Crippen LogP) is -0.605. The molecule has 7 nitrogen and oxygen atoms in total. The van der Waals surface area contributed by atoms with Crippen molar-refractivity contribution in [1.29, 1.82) is 0 Å². The van der Waals surface area contributed by atoms with Crippen LogP contribution in [0.4, 0.5) is 11.6 Å². The van der Waals surface area contributed by atoms with Gasteiger partial charge in [-0.25, -0.2) is 9.97 Å². The van der Waals surface area contributed by atoms with E-state index in [0.29, 0.717) is 24.8 Å². The molecule has 0 amide bonds. The highest BCUT2D eigenvalue weighted by molar-refractivity contribution is 7.98. The van der Waals surface area contributed by atoms with Crippen LogP contribution in [0, 0.1) is 0 Å². The molecule has 2 atom stereocenters. The molecular formula is C13H23N5O2S. The van der Waals surface area contributed by atoms with Gasteiger partial charge in [0.05, 0.1) is 18.9 Å². The zero-order valence-corrected chi connectivity index (χ0v) is 13.3. The average molecular weight is 313 g/mol. The van der Waals surface area contributed by atoms with Gasteiger partial charge in [0, 0.05) is 24.4 Å². The summed E-state index contributed by atoms with van der Waals surface area (Å²) in [5, 5.41) is 19.7. The molecule has 0 fully saturated rings. The Kier molecular flexibility index (Phi) is 5.63. The summed E-state index contributed by atoms with van der Waals surface area (Å²) in [5.74, 6) is 1.94. The van der Waals surface area contributed by atoms with E-state index in [0.717, 1.165) is 24.3 Å². The van der Waals surface area contributed by atoms with Gasteiger partial charge in [-0.15, -0.1) is 0 Å². The lowest BCUT2D eigenvalue weighted by molar-refractivity contribution is 0.0150. The van der Waals surface area contributed by atoms with Crippen molar-refractivity contribution in [2.75, 3.05) is 49.4 Å². The molecule has 0 saturated carbocycles. The summed E-state index contributed by atoms with van der Waals surface area (Å²) in [5.41, 5.74) is 6.85. The summed E-state index contributed by atoms with van der Waals surface area (Å²) in [6, 6.07) is 0. The number of aromatic nitrogens is 2. The first-order valence-electron chi connectivity index (χ1n) is 6.90. The SMILES string of the molecule is CSC[C@H](O)[C@@H](O)CN(C)CN1CCc2c(N)ncnc21. The van der Waals surface area contributed by atoms with Crippen molar-refractivity contribution in [3.05, 3.63) is 11.9 Å². The van der Waals surface area contributed by atoms with Crippen LogP contribution in [0.15, 0.2) is 6.33 Å². The Bertz CT molecular complexity index is 476. The van der Waals surface area contributed by atoms with E-state index < -0.39 is 12.2 Å². The fourth-order valence-electron chi connectivity index (χ4n) is 2.49. The molecular weight excluding hydrogens is 290 g/mol. The molecule has 4 N–H and O–H groups in total.